The summed E-state index contributed by atoms with van der Waals surface area (Å²) in [6.07, 6.45) is 3.99. The molecule has 1 aliphatic carbocycles. The molecular weight excluding hydrogens is 338 g/mol. The molecule has 20 heavy (non-hydrogen) atoms. The molecule has 0 unspecified atom stereocenters. The van der Waals surface area contributed by atoms with E-state index in [9.17, 15) is 8.42 Å². The van der Waals surface area contributed by atoms with Crippen molar-refractivity contribution < 1.29 is 8.42 Å². The number of nitrogens with one attached hydrogen (secondary N) is 1. The Morgan fingerprint density at radius 3 is 2.40 bits per heavy atom. The van der Waals surface area contributed by atoms with Gasteiger partial charge in [0.1, 0.15) is 0 Å². The molecule has 0 heterocycles. The van der Waals surface area contributed by atoms with Crippen LogP contribution in [0.3, 0.4) is 0 Å². The Labute approximate surface area is 130 Å². The zero-order chi connectivity index (χ0) is 14.6. The molecule has 1 N–H and O–H groups in total. The fourth-order valence-corrected chi connectivity index (χ4v) is 5.26. The van der Waals surface area contributed by atoms with E-state index < -0.39 is 10.0 Å². The summed E-state index contributed by atoms with van der Waals surface area (Å²) in [6.45, 7) is 2.23. The lowest BCUT2D eigenvalue weighted by atomic mass is 9.79. The smallest absolute Gasteiger partial charge is 0.212 e. The minimum absolute atomic E-state index is 0.0537. The highest BCUT2D eigenvalue weighted by Crippen LogP contribution is 2.34. The molecule has 0 atom stereocenters. The topological polar surface area (TPSA) is 46.2 Å². The number of hydrogen-bond donors (Lipinski definition) is 1. The van der Waals surface area contributed by atoms with Crippen molar-refractivity contribution in [2.75, 3.05) is 5.33 Å². The normalized spacial score (nSPS) is 27.4. The number of sulfonamides is 1. The van der Waals surface area contributed by atoms with Gasteiger partial charge in [0.05, 0.1) is 5.75 Å². The van der Waals surface area contributed by atoms with Crippen LogP contribution >= 0.6 is 15.9 Å². The second kappa shape index (κ2) is 6.58. The van der Waals surface area contributed by atoms with E-state index in [0.717, 1.165) is 31.2 Å². The van der Waals surface area contributed by atoms with Gasteiger partial charge in [0, 0.05) is 10.9 Å². The average Bonchev–Trinajstić information content (AvgIpc) is 2.42. The number of halogens is 1. The van der Waals surface area contributed by atoms with Crippen LogP contribution in [-0.4, -0.2) is 19.3 Å². The maximum Gasteiger partial charge on any atom is 0.216 e. The Balaban J connectivity index is 2.06. The summed E-state index contributed by atoms with van der Waals surface area (Å²) in [4.78, 5) is 0. The van der Waals surface area contributed by atoms with Crippen molar-refractivity contribution in [1.82, 2.24) is 4.72 Å². The van der Waals surface area contributed by atoms with E-state index in [0.29, 0.717) is 11.2 Å². The molecule has 0 aromatic heterocycles. The van der Waals surface area contributed by atoms with Crippen molar-refractivity contribution in [3.8, 4) is 0 Å². The van der Waals surface area contributed by atoms with Gasteiger partial charge >= 0.3 is 0 Å². The molecule has 0 saturated heterocycles. The first-order chi connectivity index (χ1) is 9.45. The average molecular weight is 360 g/mol. The van der Waals surface area contributed by atoms with E-state index in [-0.39, 0.29) is 11.3 Å². The molecule has 1 aromatic rings. The van der Waals surface area contributed by atoms with E-state index in [1.807, 2.05) is 30.3 Å². The highest BCUT2D eigenvalue weighted by molar-refractivity contribution is 9.09. The monoisotopic (exact) mass is 359 g/mol. The molecule has 0 radical (unpaired) electrons. The molecule has 0 bridgehead atoms. The van der Waals surface area contributed by atoms with Gasteiger partial charge in [-0.2, -0.15) is 0 Å². The summed E-state index contributed by atoms with van der Waals surface area (Å²) >= 11 is 3.50. The largest absolute Gasteiger partial charge is 0.216 e. The van der Waals surface area contributed by atoms with Crippen molar-refractivity contribution in [1.29, 1.82) is 0 Å². The zero-order valence-corrected chi connectivity index (χ0v) is 14.2. The van der Waals surface area contributed by atoms with Crippen molar-refractivity contribution in [3.05, 3.63) is 35.9 Å². The molecule has 0 aliphatic heterocycles. The third-order valence-electron chi connectivity index (χ3n) is 4.06. The molecule has 1 saturated carbocycles. The number of hydrogen-bond acceptors (Lipinski definition) is 2. The summed E-state index contributed by atoms with van der Waals surface area (Å²) in [7, 11) is -3.30. The first-order valence-electron chi connectivity index (χ1n) is 7.06. The van der Waals surface area contributed by atoms with E-state index in [1.165, 1.54) is 0 Å². The Kier molecular flexibility index (Phi) is 5.26. The van der Waals surface area contributed by atoms with Gasteiger partial charge in [-0.3, -0.25) is 0 Å². The maximum absolute atomic E-state index is 12.4. The van der Waals surface area contributed by atoms with Gasteiger partial charge in [-0.1, -0.05) is 53.2 Å². The van der Waals surface area contributed by atoms with E-state index in [1.54, 1.807) is 0 Å². The highest BCUT2D eigenvalue weighted by Gasteiger charge is 2.36. The van der Waals surface area contributed by atoms with Crippen LogP contribution in [0.5, 0.6) is 0 Å². The third kappa shape index (κ3) is 4.30. The fourth-order valence-electron chi connectivity index (χ4n) is 2.74. The lowest BCUT2D eigenvalue weighted by molar-refractivity contribution is 0.250. The fraction of sp³-hybridized carbons (Fsp3) is 0.600. The van der Waals surface area contributed by atoms with Crippen LogP contribution in [0.2, 0.25) is 0 Å². The minimum atomic E-state index is -3.30. The van der Waals surface area contributed by atoms with Crippen LogP contribution in [0, 0.1) is 5.92 Å². The SMILES string of the molecule is CC1CCC(CBr)(NS(=O)(=O)Cc2ccccc2)CC1. The molecular formula is C15H22BrNO2S. The third-order valence-corrected chi connectivity index (χ3v) is 6.59. The van der Waals surface area contributed by atoms with Gasteiger partial charge in [0.2, 0.25) is 10.0 Å². The minimum Gasteiger partial charge on any atom is -0.212 e. The van der Waals surface area contributed by atoms with Crippen LogP contribution < -0.4 is 4.72 Å². The first kappa shape index (κ1) is 16.0. The van der Waals surface area contributed by atoms with Gasteiger partial charge < -0.3 is 0 Å². The lowest BCUT2D eigenvalue weighted by Gasteiger charge is -2.38. The molecule has 112 valence electrons. The molecule has 1 aliphatic rings. The van der Waals surface area contributed by atoms with Crippen LogP contribution in [0.25, 0.3) is 0 Å². The van der Waals surface area contributed by atoms with Gasteiger partial charge in [-0.15, -0.1) is 0 Å². The van der Waals surface area contributed by atoms with Crippen molar-refractivity contribution >= 4 is 26.0 Å². The molecule has 3 nitrogen and oxygen atoms in total. The predicted molar refractivity (Wildman–Crippen MR) is 86.4 cm³/mol. The van der Waals surface area contributed by atoms with E-state index >= 15 is 0 Å². The van der Waals surface area contributed by atoms with E-state index in [2.05, 4.69) is 27.6 Å². The number of alkyl halides is 1. The van der Waals surface area contributed by atoms with Crippen LogP contribution in [0.4, 0.5) is 0 Å². The van der Waals surface area contributed by atoms with Gasteiger partial charge in [-0.05, 0) is 37.2 Å². The number of rotatable bonds is 5. The summed E-state index contributed by atoms with van der Waals surface area (Å²) < 4.78 is 27.7. The summed E-state index contributed by atoms with van der Waals surface area (Å²) in [5.74, 6) is 0.749. The summed E-state index contributed by atoms with van der Waals surface area (Å²) in [5.41, 5.74) is 0.522. The van der Waals surface area contributed by atoms with Gasteiger partial charge in [-0.25, -0.2) is 13.1 Å². The standard InChI is InChI=1S/C15H22BrNO2S/c1-13-7-9-15(12-16,10-8-13)17-20(18,19)11-14-5-3-2-4-6-14/h2-6,13,17H,7-12H2,1H3. The molecule has 0 amide bonds. The quantitative estimate of drug-likeness (QED) is 0.818. The molecule has 1 fully saturated rings. The molecule has 2 rings (SSSR count). The Bertz CT molecular complexity index is 522. The van der Waals surface area contributed by atoms with Crippen molar-refractivity contribution in [3.63, 3.8) is 0 Å². The Morgan fingerprint density at radius 2 is 1.85 bits per heavy atom. The van der Waals surface area contributed by atoms with Crippen LogP contribution in [-0.2, 0) is 15.8 Å². The maximum atomic E-state index is 12.4. The Hall–Kier alpha value is -0.390. The molecule has 0 spiro atoms. The lowest BCUT2D eigenvalue weighted by Crippen LogP contribution is -2.52. The van der Waals surface area contributed by atoms with Crippen LogP contribution in [0.1, 0.15) is 38.2 Å². The predicted octanol–water partition coefficient (Wildman–Crippen LogP) is 3.45. The van der Waals surface area contributed by atoms with Gasteiger partial charge in [0.15, 0.2) is 0 Å². The Morgan fingerprint density at radius 1 is 1.25 bits per heavy atom. The highest BCUT2D eigenvalue weighted by atomic mass is 79.9. The van der Waals surface area contributed by atoms with Crippen molar-refractivity contribution in [2.24, 2.45) is 5.92 Å². The molecule has 5 heteroatoms. The van der Waals surface area contributed by atoms with Gasteiger partial charge in [0.25, 0.3) is 0 Å². The van der Waals surface area contributed by atoms with E-state index in [4.69, 9.17) is 0 Å². The summed E-state index contributed by atoms with van der Waals surface area (Å²) in [5, 5.41) is 0.681. The number of benzene rings is 1. The first-order valence-corrected chi connectivity index (χ1v) is 9.84. The molecule has 1 aromatic carbocycles. The summed E-state index contributed by atoms with van der Waals surface area (Å²) in [6, 6.07) is 9.33. The second-order valence-corrected chi connectivity index (χ2v) is 8.23. The van der Waals surface area contributed by atoms with Crippen LogP contribution in [0.15, 0.2) is 30.3 Å². The second-order valence-electron chi connectivity index (χ2n) is 5.94. The zero-order valence-electron chi connectivity index (χ0n) is 11.8. The van der Waals surface area contributed by atoms with Crippen molar-refractivity contribution in [2.45, 2.75) is 43.9 Å².